The number of nitrogens with zero attached hydrogens (tertiary/aromatic N) is 1. The van der Waals surface area contributed by atoms with Gasteiger partial charge in [-0.3, -0.25) is 0 Å². The Morgan fingerprint density at radius 2 is 2.00 bits per heavy atom. The largest absolute Gasteiger partial charge is 0.488 e. The van der Waals surface area contributed by atoms with E-state index in [0.717, 1.165) is 11.1 Å². The topological polar surface area (TPSA) is 59.0 Å². The number of rotatable bonds is 3. The van der Waals surface area contributed by atoms with E-state index >= 15 is 0 Å². The summed E-state index contributed by atoms with van der Waals surface area (Å²) in [5.41, 5.74) is 9.01. The Kier molecular flexibility index (Phi) is 3.90. The molecule has 2 aromatic rings. The van der Waals surface area contributed by atoms with Crippen molar-refractivity contribution >= 4 is 5.69 Å². The smallest absolute Gasteiger partial charge is 0.129 e. The molecular weight excluding hydrogens is 255 g/mol. The van der Waals surface area contributed by atoms with E-state index in [1.165, 1.54) is 18.2 Å². The summed E-state index contributed by atoms with van der Waals surface area (Å²) in [4.78, 5) is 0. The minimum atomic E-state index is -0.386. The van der Waals surface area contributed by atoms with Crippen LogP contribution in [-0.2, 0) is 6.61 Å². The Hall–Kier alpha value is -2.54. The van der Waals surface area contributed by atoms with Gasteiger partial charge in [-0.25, -0.2) is 4.39 Å². The minimum absolute atomic E-state index is 0.0620. The van der Waals surface area contributed by atoms with Crippen LogP contribution in [0.5, 0.6) is 5.75 Å². The summed E-state index contributed by atoms with van der Waals surface area (Å²) in [6, 6.07) is 9.86. The molecular formula is C16H15FN2O. The first-order valence-corrected chi connectivity index (χ1v) is 6.20. The molecule has 4 heteroatoms. The maximum atomic E-state index is 13.7. The zero-order valence-electron chi connectivity index (χ0n) is 11.4. The molecule has 0 amide bonds. The van der Waals surface area contributed by atoms with Crippen LogP contribution in [0.1, 0.15) is 22.3 Å². The monoisotopic (exact) mass is 270 g/mol. The highest BCUT2D eigenvalue weighted by molar-refractivity contribution is 5.56. The van der Waals surface area contributed by atoms with Crippen LogP contribution in [0.2, 0.25) is 0 Å². The Labute approximate surface area is 117 Å². The van der Waals surface area contributed by atoms with Crippen LogP contribution in [0.4, 0.5) is 10.1 Å². The first-order valence-electron chi connectivity index (χ1n) is 6.20. The first-order chi connectivity index (χ1) is 9.52. The summed E-state index contributed by atoms with van der Waals surface area (Å²) in [5, 5.41) is 8.83. The molecule has 0 unspecified atom stereocenters. The second kappa shape index (κ2) is 5.62. The van der Waals surface area contributed by atoms with Gasteiger partial charge in [0.15, 0.2) is 0 Å². The van der Waals surface area contributed by atoms with E-state index in [1.807, 2.05) is 32.0 Å². The van der Waals surface area contributed by atoms with Gasteiger partial charge in [0.25, 0.3) is 0 Å². The fraction of sp³-hybridized carbons (Fsp3) is 0.188. The van der Waals surface area contributed by atoms with Gasteiger partial charge < -0.3 is 10.5 Å². The summed E-state index contributed by atoms with van der Waals surface area (Å²) >= 11 is 0. The highest BCUT2D eigenvalue weighted by Gasteiger charge is 2.09. The van der Waals surface area contributed by atoms with Crippen LogP contribution in [0.3, 0.4) is 0 Å². The van der Waals surface area contributed by atoms with E-state index in [2.05, 4.69) is 0 Å². The number of ether oxygens (including phenoxy) is 1. The number of anilines is 1. The lowest BCUT2D eigenvalue weighted by atomic mass is 10.1. The zero-order chi connectivity index (χ0) is 14.7. The number of benzene rings is 2. The lowest BCUT2D eigenvalue weighted by Gasteiger charge is -2.14. The summed E-state index contributed by atoms with van der Waals surface area (Å²) < 4.78 is 19.4. The number of halogens is 1. The number of nitrogen functional groups attached to an aromatic ring is 1. The van der Waals surface area contributed by atoms with E-state index in [1.54, 1.807) is 0 Å². The highest BCUT2D eigenvalue weighted by atomic mass is 19.1. The molecule has 0 saturated heterocycles. The molecule has 0 heterocycles. The van der Waals surface area contributed by atoms with Crippen molar-refractivity contribution in [3.05, 3.63) is 58.4 Å². The van der Waals surface area contributed by atoms with E-state index in [-0.39, 0.29) is 12.4 Å². The maximum absolute atomic E-state index is 13.7. The summed E-state index contributed by atoms with van der Waals surface area (Å²) in [5.74, 6) is 0.273. The van der Waals surface area contributed by atoms with Gasteiger partial charge in [-0.2, -0.15) is 5.26 Å². The molecule has 3 nitrogen and oxygen atoms in total. The van der Waals surface area contributed by atoms with Gasteiger partial charge >= 0.3 is 0 Å². The molecule has 0 saturated carbocycles. The normalized spacial score (nSPS) is 10.1. The number of hydrogen-bond donors (Lipinski definition) is 1. The molecule has 2 rings (SSSR count). The lowest BCUT2D eigenvalue weighted by molar-refractivity contribution is 0.296. The van der Waals surface area contributed by atoms with Crippen LogP contribution in [0.25, 0.3) is 0 Å². The highest BCUT2D eigenvalue weighted by Crippen LogP contribution is 2.28. The molecule has 2 aromatic carbocycles. The average molecular weight is 270 g/mol. The van der Waals surface area contributed by atoms with Crippen LogP contribution < -0.4 is 10.5 Å². The van der Waals surface area contributed by atoms with Crippen molar-refractivity contribution in [3.63, 3.8) is 0 Å². The second-order valence-corrected chi connectivity index (χ2v) is 4.63. The quantitative estimate of drug-likeness (QED) is 0.869. The van der Waals surface area contributed by atoms with Crippen molar-refractivity contribution in [2.75, 3.05) is 5.73 Å². The fourth-order valence-corrected chi connectivity index (χ4v) is 1.97. The molecule has 0 aliphatic rings. The lowest BCUT2D eigenvalue weighted by Crippen LogP contribution is -2.03. The first kappa shape index (κ1) is 13.9. The van der Waals surface area contributed by atoms with Crippen molar-refractivity contribution in [1.82, 2.24) is 0 Å². The van der Waals surface area contributed by atoms with Crippen LogP contribution in [-0.4, -0.2) is 0 Å². The van der Waals surface area contributed by atoms with Gasteiger partial charge in [0.1, 0.15) is 18.2 Å². The van der Waals surface area contributed by atoms with E-state index < -0.39 is 0 Å². The van der Waals surface area contributed by atoms with Gasteiger partial charge in [0.05, 0.1) is 11.6 Å². The number of aryl methyl sites for hydroxylation is 1. The molecule has 0 fully saturated rings. The van der Waals surface area contributed by atoms with Gasteiger partial charge in [0.2, 0.25) is 0 Å². The average Bonchev–Trinajstić information content (AvgIpc) is 2.45. The van der Waals surface area contributed by atoms with Gasteiger partial charge in [0, 0.05) is 16.8 Å². The number of nitrogens with two attached hydrogens (primary N) is 1. The molecule has 20 heavy (non-hydrogen) atoms. The maximum Gasteiger partial charge on any atom is 0.129 e. The third-order valence-corrected chi connectivity index (χ3v) is 3.19. The van der Waals surface area contributed by atoms with Crippen molar-refractivity contribution in [1.29, 1.82) is 5.26 Å². The predicted octanol–water partition coefficient (Wildman–Crippen LogP) is 3.48. The summed E-state index contributed by atoms with van der Waals surface area (Å²) in [7, 11) is 0. The Morgan fingerprint density at radius 1 is 1.25 bits per heavy atom. The Morgan fingerprint density at radius 3 is 2.70 bits per heavy atom. The summed E-state index contributed by atoms with van der Waals surface area (Å²) in [6.07, 6.45) is 0. The molecule has 0 radical (unpaired) electrons. The molecule has 102 valence electrons. The van der Waals surface area contributed by atoms with E-state index in [4.69, 9.17) is 15.7 Å². The van der Waals surface area contributed by atoms with E-state index in [0.29, 0.717) is 22.6 Å². The minimum Gasteiger partial charge on any atom is -0.488 e. The molecule has 0 aliphatic carbocycles. The number of nitriles is 1. The SMILES string of the molecule is Cc1ccc(N)c(C)c1OCc1cc(C#N)ccc1F. The molecule has 0 atom stereocenters. The third-order valence-electron chi connectivity index (χ3n) is 3.19. The van der Waals surface area contributed by atoms with Crippen molar-refractivity contribution < 1.29 is 9.13 Å². The molecule has 0 spiro atoms. The van der Waals surface area contributed by atoms with E-state index in [9.17, 15) is 4.39 Å². The summed E-state index contributed by atoms with van der Waals surface area (Å²) in [6.45, 7) is 3.83. The second-order valence-electron chi connectivity index (χ2n) is 4.63. The van der Waals surface area contributed by atoms with Gasteiger partial charge in [-0.05, 0) is 43.7 Å². The molecule has 2 N–H and O–H groups in total. The molecule has 0 aromatic heterocycles. The van der Waals surface area contributed by atoms with Crippen molar-refractivity contribution in [2.45, 2.75) is 20.5 Å². The van der Waals surface area contributed by atoms with Gasteiger partial charge in [-0.15, -0.1) is 0 Å². The van der Waals surface area contributed by atoms with Crippen molar-refractivity contribution in [2.24, 2.45) is 0 Å². The van der Waals surface area contributed by atoms with Crippen LogP contribution in [0, 0.1) is 31.0 Å². The standard InChI is InChI=1S/C16H15FN2O/c1-10-3-6-15(19)11(2)16(10)20-9-13-7-12(8-18)4-5-14(13)17/h3-7H,9,19H2,1-2H3. The third kappa shape index (κ3) is 2.72. The van der Waals surface area contributed by atoms with Crippen molar-refractivity contribution in [3.8, 4) is 11.8 Å². The molecule has 0 aliphatic heterocycles. The Bertz CT molecular complexity index is 690. The molecule has 0 bridgehead atoms. The fourth-order valence-electron chi connectivity index (χ4n) is 1.97. The van der Waals surface area contributed by atoms with Crippen LogP contribution >= 0.6 is 0 Å². The number of hydrogen-bond acceptors (Lipinski definition) is 3. The van der Waals surface area contributed by atoms with Crippen LogP contribution in [0.15, 0.2) is 30.3 Å². The Balaban J connectivity index is 2.26. The predicted molar refractivity (Wildman–Crippen MR) is 75.8 cm³/mol. The van der Waals surface area contributed by atoms with Gasteiger partial charge in [-0.1, -0.05) is 6.07 Å². The zero-order valence-corrected chi connectivity index (χ0v) is 11.4.